The van der Waals surface area contributed by atoms with Gasteiger partial charge in [-0.1, -0.05) is 12.1 Å². The lowest BCUT2D eigenvalue weighted by atomic mass is 10.2. The van der Waals surface area contributed by atoms with E-state index in [1.54, 1.807) is 11.8 Å². The molecule has 0 fully saturated rings. The van der Waals surface area contributed by atoms with E-state index in [4.69, 9.17) is 0 Å². The SMILES string of the molecule is CC1NC(=O)c2ccccc2S1. The van der Waals surface area contributed by atoms with Gasteiger partial charge in [0.05, 0.1) is 10.9 Å². The van der Waals surface area contributed by atoms with Crippen LogP contribution in [0.2, 0.25) is 0 Å². The highest BCUT2D eigenvalue weighted by molar-refractivity contribution is 8.00. The number of hydrogen-bond donors (Lipinski definition) is 1. The van der Waals surface area contributed by atoms with Crippen LogP contribution in [-0.2, 0) is 0 Å². The van der Waals surface area contributed by atoms with Crippen molar-refractivity contribution in [1.82, 2.24) is 5.32 Å². The molecule has 1 N–H and O–H groups in total. The number of benzene rings is 1. The Kier molecular flexibility index (Phi) is 1.81. The number of carbonyl (C=O) groups excluding carboxylic acids is 1. The lowest BCUT2D eigenvalue weighted by Gasteiger charge is -2.21. The van der Waals surface area contributed by atoms with Gasteiger partial charge in [-0.25, -0.2) is 0 Å². The number of fused-ring (bicyclic) bond motifs is 1. The molecule has 1 heterocycles. The maximum Gasteiger partial charge on any atom is 0.253 e. The second kappa shape index (κ2) is 2.83. The van der Waals surface area contributed by atoms with Gasteiger partial charge in [0.1, 0.15) is 0 Å². The third-order valence-corrected chi connectivity index (χ3v) is 2.85. The molecule has 0 aliphatic carbocycles. The zero-order valence-corrected chi connectivity index (χ0v) is 7.52. The third-order valence-electron chi connectivity index (χ3n) is 1.77. The predicted molar refractivity (Wildman–Crippen MR) is 49.2 cm³/mol. The highest BCUT2D eigenvalue weighted by Crippen LogP contribution is 2.29. The Balaban J connectivity index is 2.47. The molecule has 0 bridgehead atoms. The smallest absolute Gasteiger partial charge is 0.253 e. The second-order valence-electron chi connectivity index (χ2n) is 2.73. The molecule has 0 saturated carbocycles. The summed E-state index contributed by atoms with van der Waals surface area (Å²) in [5.74, 6) is 0.0388. The lowest BCUT2D eigenvalue weighted by molar-refractivity contribution is 0.0946. The van der Waals surface area contributed by atoms with Crippen molar-refractivity contribution in [2.24, 2.45) is 0 Å². The van der Waals surface area contributed by atoms with Crippen molar-refractivity contribution in [3.63, 3.8) is 0 Å². The normalized spacial score (nSPS) is 21.4. The highest BCUT2D eigenvalue weighted by Gasteiger charge is 2.20. The first-order valence-corrected chi connectivity index (χ1v) is 4.72. The Morgan fingerprint density at radius 2 is 2.17 bits per heavy atom. The summed E-state index contributed by atoms with van der Waals surface area (Å²) in [6.07, 6.45) is 0. The molecule has 12 heavy (non-hydrogen) atoms. The highest BCUT2D eigenvalue weighted by atomic mass is 32.2. The van der Waals surface area contributed by atoms with E-state index in [0.29, 0.717) is 0 Å². The minimum Gasteiger partial charge on any atom is -0.340 e. The average Bonchev–Trinajstić information content (AvgIpc) is 2.04. The minimum atomic E-state index is 0.0388. The number of thioether (sulfide) groups is 1. The molecule has 0 spiro atoms. The number of carbonyl (C=O) groups is 1. The quantitative estimate of drug-likeness (QED) is 0.658. The first-order chi connectivity index (χ1) is 5.77. The van der Waals surface area contributed by atoms with Crippen LogP contribution in [0.4, 0.5) is 0 Å². The van der Waals surface area contributed by atoms with E-state index in [1.807, 2.05) is 31.2 Å². The summed E-state index contributed by atoms with van der Waals surface area (Å²) in [7, 11) is 0. The van der Waals surface area contributed by atoms with E-state index in [0.717, 1.165) is 10.5 Å². The summed E-state index contributed by atoms with van der Waals surface area (Å²) in [5, 5.41) is 3.05. The molecule has 2 rings (SSSR count). The zero-order valence-electron chi connectivity index (χ0n) is 6.70. The van der Waals surface area contributed by atoms with E-state index in [-0.39, 0.29) is 11.3 Å². The Morgan fingerprint density at radius 3 is 3.00 bits per heavy atom. The van der Waals surface area contributed by atoms with Gasteiger partial charge >= 0.3 is 0 Å². The van der Waals surface area contributed by atoms with Crippen LogP contribution in [-0.4, -0.2) is 11.3 Å². The van der Waals surface area contributed by atoms with Gasteiger partial charge in [0.15, 0.2) is 0 Å². The summed E-state index contributed by atoms with van der Waals surface area (Å²) >= 11 is 1.68. The molecule has 1 aromatic carbocycles. The third kappa shape index (κ3) is 1.20. The molecule has 2 nitrogen and oxygen atoms in total. The van der Waals surface area contributed by atoms with Crippen molar-refractivity contribution in [3.05, 3.63) is 29.8 Å². The molecular weight excluding hydrogens is 170 g/mol. The molecule has 3 heteroatoms. The van der Waals surface area contributed by atoms with Crippen LogP contribution >= 0.6 is 11.8 Å². The summed E-state index contributed by atoms with van der Waals surface area (Å²) in [6, 6.07) is 7.67. The lowest BCUT2D eigenvalue weighted by Crippen LogP contribution is -2.34. The molecule has 1 aliphatic rings. The molecule has 0 saturated heterocycles. The number of rotatable bonds is 0. The van der Waals surface area contributed by atoms with Crippen LogP contribution in [0.1, 0.15) is 17.3 Å². The number of nitrogens with one attached hydrogen (secondary N) is 1. The number of hydrogen-bond acceptors (Lipinski definition) is 2. The maximum absolute atomic E-state index is 11.4. The summed E-state index contributed by atoms with van der Waals surface area (Å²) in [4.78, 5) is 12.4. The fourth-order valence-electron chi connectivity index (χ4n) is 1.24. The molecular formula is C9H9NOS. The monoisotopic (exact) mass is 179 g/mol. The molecule has 1 aliphatic heterocycles. The standard InChI is InChI=1S/C9H9NOS/c1-6-10-9(11)7-4-2-3-5-8(7)12-6/h2-6H,1H3,(H,10,11). The topological polar surface area (TPSA) is 29.1 Å². The van der Waals surface area contributed by atoms with Gasteiger partial charge in [-0.15, -0.1) is 11.8 Å². The van der Waals surface area contributed by atoms with Gasteiger partial charge in [-0.2, -0.15) is 0 Å². The fourth-order valence-corrected chi connectivity index (χ4v) is 2.23. The van der Waals surface area contributed by atoms with Gasteiger partial charge < -0.3 is 5.32 Å². The maximum atomic E-state index is 11.4. The Morgan fingerprint density at radius 1 is 1.42 bits per heavy atom. The van der Waals surface area contributed by atoms with Gasteiger partial charge in [0.25, 0.3) is 5.91 Å². The van der Waals surface area contributed by atoms with Crippen LogP contribution in [0, 0.1) is 0 Å². The Bertz CT molecular complexity index is 324. The van der Waals surface area contributed by atoms with Crippen molar-refractivity contribution >= 4 is 17.7 Å². The van der Waals surface area contributed by atoms with Crippen LogP contribution in [0.25, 0.3) is 0 Å². The summed E-state index contributed by atoms with van der Waals surface area (Å²) in [6.45, 7) is 1.98. The molecule has 1 unspecified atom stereocenters. The van der Waals surface area contributed by atoms with Crippen molar-refractivity contribution < 1.29 is 4.79 Å². The summed E-state index contributed by atoms with van der Waals surface area (Å²) < 4.78 is 0. The van der Waals surface area contributed by atoms with Gasteiger partial charge in [0, 0.05) is 4.90 Å². The Labute approximate surface area is 75.4 Å². The van der Waals surface area contributed by atoms with Crippen LogP contribution in [0.15, 0.2) is 29.2 Å². The molecule has 1 amide bonds. The van der Waals surface area contributed by atoms with Crippen LogP contribution in [0.5, 0.6) is 0 Å². The van der Waals surface area contributed by atoms with Crippen molar-refractivity contribution in [2.45, 2.75) is 17.2 Å². The molecule has 0 radical (unpaired) electrons. The van der Waals surface area contributed by atoms with E-state index in [1.165, 1.54) is 0 Å². The van der Waals surface area contributed by atoms with E-state index in [9.17, 15) is 4.79 Å². The van der Waals surface area contributed by atoms with Gasteiger partial charge in [0.2, 0.25) is 0 Å². The van der Waals surface area contributed by atoms with Crippen LogP contribution in [0.3, 0.4) is 0 Å². The van der Waals surface area contributed by atoms with Gasteiger partial charge in [-0.05, 0) is 19.1 Å². The predicted octanol–water partition coefficient (Wildman–Crippen LogP) is 1.87. The van der Waals surface area contributed by atoms with E-state index >= 15 is 0 Å². The fraction of sp³-hybridized carbons (Fsp3) is 0.222. The zero-order chi connectivity index (χ0) is 8.55. The molecule has 1 aromatic rings. The number of amides is 1. The van der Waals surface area contributed by atoms with Crippen molar-refractivity contribution in [1.29, 1.82) is 0 Å². The largest absolute Gasteiger partial charge is 0.340 e. The first-order valence-electron chi connectivity index (χ1n) is 3.84. The van der Waals surface area contributed by atoms with Crippen molar-refractivity contribution in [2.75, 3.05) is 0 Å². The Hall–Kier alpha value is -0.960. The van der Waals surface area contributed by atoms with E-state index < -0.39 is 0 Å². The first kappa shape index (κ1) is 7.68. The molecule has 0 aromatic heterocycles. The molecule has 1 atom stereocenters. The second-order valence-corrected chi connectivity index (χ2v) is 4.11. The van der Waals surface area contributed by atoms with E-state index in [2.05, 4.69) is 5.32 Å². The van der Waals surface area contributed by atoms with Crippen LogP contribution < -0.4 is 5.32 Å². The average molecular weight is 179 g/mol. The van der Waals surface area contributed by atoms with Crippen molar-refractivity contribution in [3.8, 4) is 0 Å². The minimum absolute atomic E-state index is 0.0388. The summed E-state index contributed by atoms with van der Waals surface area (Å²) in [5.41, 5.74) is 0.792. The van der Waals surface area contributed by atoms with Gasteiger partial charge in [-0.3, -0.25) is 4.79 Å². The molecule has 62 valence electrons.